The van der Waals surface area contributed by atoms with Gasteiger partial charge in [-0.05, 0) is 33.8 Å². The standard InChI is InChI=1S/C11H20N2/c1-12(2)8-10-6-5-7-11(10)9-13(3)4/h5-7,10H,8-9H2,1-4H3. The number of hydrogen-bond acceptors (Lipinski definition) is 2. The van der Waals surface area contributed by atoms with E-state index in [4.69, 9.17) is 0 Å². The van der Waals surface area contributed by atoms with Gasteiger partial charge in [-0.15, -0.1) is 0 Å². The quantitative estimate of drug-likeness (QED) is 0.642. The van der Waals surface area contributed by atoms with Crippen molar-refractivity contribution in [2.24, 2.45) is 5.92 Å². The molecule has 13 heavy (non-hydrogen) atoms. The van der Waals surface area contributed by atoms with Gasteiger partial charge in [0.15, 0.2) is 0 Å². The minimum atomic E-state index is 0.623. The van der Waals surface area contributed by atoms with Crippen LogP contribution < -0.4 is 0 Å². The number of likely N-dealkylation sites (N-methyl/N-ethyl adjacent to an activating group) is 1. The van der Waals surface area contributed by atoms with Crippen molar-refractivity contribution in [3.05, 3.63) is 23.8 Å². The van der Waals surface area contributed by atoms with Crippen molar-refractivity contribution in [1.29, 1.82) is 0 Å². The molecule has 0 spiro atoms. The molecular weight excluding hydrogens is 160 g/mol. The van der Waals surface area contributed by atoms with Crippen LogP contribution in [0.1, 0.15) is 0 Å². The van der Waals surface area contributed by atoms with Crippen LogP contribution in [0.25, 0.3) is 0 Å². The highest BCUT2D eigenvalue weighted by atomic mass is 15.1. The zero-order chi connectivity index (χ0) is 9.84. The van der Waals surface area contributed by atoms with Crippen LogP contribution in [-0.2, 0) is 0 Å². The van der Waals surface area contributed by atoms with Gasteiger partial charge in [0.25, 0.3) is 0 Å². The fourth-order valence-corrected chi connectivity index (χ4v) is 1.67. The van der Waals surface area contributed by atoms with Crippen LogP contribution in [0.15, 0.2) is 23.8 Å². The maximum absolute atomic E-state index is 2.29. The first-order chi connectivity index (χ1) is 6.09. The Morgan fingerprint density at radius 3 is 2.38 bits per heavy atom. The maximum Gasteiger partial charge on any atom is 0.0196 e. The minimum absolute atomic E-state index is 0.623. The summed E-state index contributed by atoms with van der Waals surface area (Å²) in [7, 11) is 8.48. The van der Waals surface area contributed by atoms with E-state index in [1.165, 1.54) is 5.57 Å². The van der Waals surface area contributed by atoms with Gasteiger partial charge in [-0.2, -0.15) is 0 Å². The molecule has 0 N–H and O–H groups in total. The molecule has 2 heteroatoms. The van der Waals surface area contributed by atoms with Crippen LogP contribution in [0.5, 0.6) is 0 Å². The SMILES string of the molecule is CN(C)CC1=CC=CC1CN(C)C. The van der Waals surface area contributed by atoms with Crippen LogP contribution in [0.3, 0.4) is 0 Å². The summed E-state index contributed by atoms with van der Waals surface area (Å²) in [5.74, 6) is 0.623. The molecular formula is C11H20N2. The smallest absolute Gasteiger partial charge is 0.0196 e. The molecule has 0 amide bonds. The normalized spacial score (nSPS) is 21.7. The van der Waals surface area contributed by atoms with Crippen LogP contribution in [0, 0.1) is 5.92 Å². The molecule has 0 aromatic rings. The lowest BCUT2D eigenvalue weighted by atomic mass is 10.0. The van der Waals surface area contributed by atoms with Gasteiger partial charge in [0.2, 0.25) is 0 Å². The van der Waals surface area contributed by atoms with E-state index >= 15 is 0 Å². The molecule has 1 rings (SSSR count). The van der Waals surface area contributed by atoms with Gasteiger partial charge in [0.1, 0.15) is 0 Å². The van der Waals surface area contributed by atoms with Crippen molar-refractivity contribution in [3.8, 4) is 0 Å². The van der Waals surface area contributed by atoms with E-state index in [-0.39, 0.29) is 0 Å². The van der Waals surface area contributed by atoms with Crippen LogP contribution >= 0.6 is 0 Å². The Morgan fingerprint density at radius 2 is 1.85 bits per heavy atom. The first-order valence-corrected chi connectivity index (χ1v) is 4.76. The van der Waals surface area contributed by atoms with Gasteiger partial charge in [-0.3, -0.25) is 0 Å². The number of hydrogen-bond donors (Lipinski definition) is 0. The summed E-state index contributed by atoms with van der Waals surface area (Å²) in [6.45, 7) is 2.20. The van der Waals surface area contributed by atoms with E-state index < -0.39 is 0 Å². The Kier molecular flexibility index (Phi) is 3.70. The van der Waals surface area contributed by atoms with Gasteiger partial charge in [0, 0.05) is 19.0 Å². The van der Waals surface area contributed by atoms with Gasteiger partial charge in [-0.1, -0.05) is 18.2 Å². The largest absolute Gasteiger partial charge is 0.308 e. The minimum Gasteiger partial charge on any atom is -0.308 e. The Labute approximate surface area is 81.5 Å². The van der Waals surface area contributed by atoms with Crippen molar-refractivity contribution in [3.63, 3.8) is 0 Å². The first-order valence-electron chi connectivity index (χ1n) is 4.76. The molecule has 1 aliphatic carbocycles. The van der Waals surface area contributed by atoms with E-state index in [9.17, 15) is 0 Å². The molecule has 0 aromatic carbocycles. The van der Waals surface area contributed by atoms with Gasteiger partial charge in [0.05, 0.1) is 0 Å². The lowest BCUT2D eigenvalue weighted by Gasteiger charge is -2.20. The molecule has 0 heterocycles. The average Bonchev–Trinajstić information content (AvgIpc) is 2.34. The summed E-state index contributed by atoms with van der Waals surface area (Å²) in [5.41, 5.74) is 1.53. The van der Waals surface area contributed by atoms with Gasteiger partial charge >= 0.3 is 0 Å². The molecule has 0 aromatic heterocycles. The fourth-order valence-electron chi connectivity index (χ4n) is 1.67. The van der Waals surface area contributed by atoms with E-state index in [0.29, 0.717) is 5.92 Å². The van der Waals surface area contributed by atoms with E-state index in [0.717, 1.165) is 13.1 Å². The van der Waals surface area contributed by atoms with Crippen LogP contribution in [0.4, 0.5) is 0 Å². The summed E-state index contributed by atoms with van der Waals surface area (Å²) in [5, 5.41) is 0. The molecule has 0 bridgehead atoms. The Morgan fingerprint density at radius 1 is 1.15 bits per heavy atom. The molecule has 1 atom stereocenters. The molecule has 74 valence electrons. The molecule has 0 saturated heterocycles. The van der Waals surface area contributed by atoms with Crippen molar-refractivity contribution in [1.82, 2.24) is 9.80 Å². The zero-order valence-electron chi connectivity index (χ0n) is 9.12. The average molecular weight is 180 g/mol. The monoisotopic (exact) mass is 180 g/mol. The number of rotatable bonds is 4. The molecule has 1 unspecified atom stereocenters. The summed E-state index contributed by atoms with van der Waals surface area (Å²) < 4.78 is 0. The molecule has 2 nitrogen and oxygen atoms in total. The molecule has 0 fully saturated rings. The third kappa shape index (κ3) is 3.33. The highest BCUT2D eigenvalue weighted by Crippen LogP contribution is 2.20. The molecule has 0 radical (unpaired) electrons. The lowest BCUT2D eigenvalue weighted by Crippen LogP contribution is -2.25. The predicted octanol–water partition coefficient (Wildman–Crippen LogP) is 1.22. The fraction of sp³-hybridized carbons (Fsp3) is 0.636. The predicted molar refractivity (Wildman–Crippen MR) is 57.8 cm³/mol. The van der Waals surface area contributed by atoms with Gasteiger partial charge < -0.3 is 9.80 Å². The highest BCUT2D eigenvalue weighted by molar-refractivity contribution is 5.28. The second-order valence-corrected chi connectivity index (χ2v) is 4.23. The third-order valence-corrected chi connectivity index (χ3v) is 2.19. The first kappa shape index (κ1) is 10.5. The van der Waals surface area contributed by atoms with Crippen molar-refractivity contribution >= 4 is 0 Å². The van der Waals surface area contributed by atoms with E-state index in [1.807, 2.05) is 0 Å². The molecule has 0 saturated carbocycles. The van der Waals surface area contributed by atoms with E-state index in [1.54, 1.807) is 0 Å². The zero-order valence-corrected chi connectivity index (χ0v) is 9.12. The number of allylic oxidation sites excluding steroid dienone is 2. The van der Waals surface area contributed by atoms with E-state index in [2.05, 4.69) is 56.2 Å². The lowest BCUT2D eigenvalue weighted by molar-refractivity contribution is 0.361. The topological polar surface area (TPSA) is 6.48 Å². The van der Waals surface area contributed by atoms with Gasteiger partial charge in [-0.25, -0.2) is 0 Å². The Hall–Kier alpha value is -0.600. The van der Waals surface area contributed by atoms with Crippen LogP contribution in [0.2, 0.25) is 0 Å². The Balaban J connectivity index is 2.47. The summed E-state index contributed by atoms with van der Waals surface area (Å²) in [6.07, 6.45) is 6.71. The van der Waals surface area contributed by atoms with Crippen LogP contribution in [-0.4, -0.2) is 51.1 Å². The second kappa shape index (κ2) is 4.58. The maximum atomic E-state index is 2.29. The highest BCUT2D eigenvalue weighted by Gasteiger charge is 2.15. The van der Waals surface area contributed by atoms with Crippen molar-refractivity contribution in [2.75, 3.05) is 41.3 Å². The van der Waals surface area contributed by atoms with Crippen molar-refractivity contribution < 1.29 is 0 Å². The van der Waals surface area contributed by atoms with Crippen molar-refractivity contribution in [2.45, 2.75) is 0 Å². The molecule has 1 aliphatic rings. The summed E-state index contributed by atoms with van der Waals surface area (Å²) >= 11 is 0. The molecule has 0 aliphatic heterocycles. The second-order valence-electron chi connectivity index (χ2n) is 4.23. The summed E-state index contributed by atoms with van der Waals surface area (Å²) in [6, 6.07) is 0. The third-order valence-electron chi connectivity index (χ3n) is 2.19. The number of nitrogens with zero attached hydrogens (tertiary/aromatic N) is 2. The Bertz CT molecular complexity index is 214. The summed E-state index contributed by atoms with van der Waals surface area (Å²) in [4.78, 5) is 4.46.